The SMILES string of the molecule is CC1CN(c2sc(S(C)(=O)=O)cc2[N+](=O)[O-])CCO1. The van der Waals surface area contributed by atoms with Crippen molar-refractivity contribution in [2.75, 3.05) is 30.9 Å². The number of anilines is 1. The van der Waals surface area contributed by atoms with E-state index in [-0.39, 0.29) is 16.0 Å². The van der Waals surface area contributed by atoms with Crippen LogP contribution in [-0.2, 0) is 14.6 Å². The van der Waals surface area contributed by atoms with Crippen LogP contribution in [0.5, 0.6) is 0 Å². The lowest BCUT2D eigenvalue weighted by Crippen LogP contribution is -2.40. The lowest BCUT2D eigenvalue weighted by atomic mass is 10.3. The van der Waals surface area contributed by atoms with Gasteiger partial charge in [0.2, 0.25) is 0 Å². The van der Waals surface area contributed by atoms with E-state index < -0.39 is 14.8 Å². The van der Waals surface area contributed by atoms with E-state index in [2.05, 4.69) is 0 Å². The number of hydrogen-bond donors (Lipinski definition) is 0. The maximum Gasteiger partial charge on any atom is 0.305 e. The molecule has 9 heteroatoms. The molecule has 0 saturated carbocycles. The minimum absolute atomic E-state index is 0.0216. The van der Waals surface area contributed by atoms with Gasteiger partial charge in [-0.1, -0.05) is 11.3 Å². The molecule has 0 radical (unpaired) electrons. The molecule has 1 saturated heterocycles. The summed E-state index contributed by atoms with van der Waals surface area (Å²) in [5.41, 5.74) is -0.153. The van der Waals surface area contributed by atoms with Gasteiger partial charge in [-0.25, -0.2) is 8.42 Å². The summed E-state index contributed by atoms with van der Waals surface area (Å²) in [4.78, 5) is 12.3. The molecule has 2 heterocycles. The van der Waals surface area contributed by atoms with Crippen LogP contribution in [0.15, 0.2) is 10.3 Å². The minimum atomic E-state index is -3.43. The van der Waals surface area contributed by atoms with Crippen molar-refractivity contribution in [2.45, 2.75) is 17.2 Å². The fourth-order valence-electron chi connectivity index (χ4n) is 1.89. The molecule has 1 unspecified atom stereocenters. The van der Waals surface area contributed by atoms with Crippen LogP contribution in [0.2, 0.25) is 0 Å². The lowest BCUT2D eigenvalue weighted by Gasteiger charge is -2.31. The number of ether oxygens (including phenoxy) is 1. The van der Waals surface area contributed by atoms with Crippen molar-refractivity contribution in [2.24, 2.45) is 0 Å². The Labute approximate surface area is 114 Å². The zero-order valence-corrected chi connectivity index (χ0v) is 12.2. The van der Waals surface area contributed by atoms with Gasteiger partial charge >= 0.3 is 5.69 Å². The Morgan fingerprint density at radius 3 is 2.79 bits per heavy atom. The van der Waals surface area contributed by atoms with Crippen LogP contribution in [0.1, 0.15) is 6.92 Å². The molecule has 0 N–H and O–H groups in total. The summed E-state index contributed by atoms with van der Waals surface area (Å²) >= 11 is 0.944. The smallest absolute Gasteiger partial charge is 0.305 e. The molecule has 0 aromatic carbocycles. The molecule has 2 rings (SSSR count). The maximum absolute atomic E-state index is 11.5. The Morgan fingerprint density at radius 2 is 2.26 bits per heavy atom. The Balaban J connectivity index is 2.43. The number of rotatable bonds is 3. The number of sulfone groups is 1. The Kier molecular flexibility index (Phi) is 3.79. The summed E-state index contributed by atoms with van der Waals surface area (Å²) in [7, 11) is -3.43. The van der Waals surface area contributed by atoms with Gasteiger partial charge in [0.15, 0.2) is 14.8 Å². The number of thiophene rings is 1. The third kappa shape index (κ3) is 3.04. The van der Waals surface area contributed by atoms with Crippen LogP contribution in [0, 0.1) is 10.1 Å². The molecule has 0 amide bonds. The van der Waals surface area contributed by atoms with Crippen LogP contribution in [0.3, 0.4) is 0 Å². The van der Waals surface area contributed by atoms with Crippen molar-refractivity contribution in [1.82, 2.24) is 0 Å². The van der Waals surface area contributed by atoms with Crippen molar-refractivity contribution >= 4 is 31.9 Å². The third-order valence-corrected chi connectivity index (χ3v) is 5.75. The molecule has 19 heavy (non-hydrogen) atoms. The molecule has 0 aliphatic carbocycles. The summed E-state index contributed by atoms with van der Waals surface area (Å²) in [6.07, 6.45) is 1.02. The maximum atomic E-state index is 11.5. The van der Waals surface area contributed by atoms with Gasteiger partial charge in [-0.2, -0.15) is 0 Å². The quantitative estimate of drug-likeness (QED) is 0.617. The van der Waals surface area contributed by atoms with Gasteiger partial charge in [0.25, 0.3) is 0 Å². The summed E-state index contributed by atoms with van der Waals surface area (Å²) in [6.45, 7) is 3.40. The molecule has 1 atom stereocenters. The van der Waals surface area contributed by atoms with E-state index in [4.69, 9.17) is 4.74 Å². The van der Waals surface area contributed by atoms with Crippen LogP contribution in [0.4, 0.5) is 10.7 Å². The van der Waals surface area contributed by atoms with Gasteiger partial charge in [0, 0.05) is 25.4 Å². The molecule has 1 aromatic rings. The molecule has 106 valence electrons. The van der Waals surface area contributed by atoms with Gasteiger partial charge < -0.3 is 9.64 Å². The van der Waals surface area contributed by atoms with Crippen molar-refractivity contribution in [3.8, 4) is 0 Å². The average molecular weight is 306 g/mol. The van der Waals surface area contributed by atoms with E-state index >= 15 is 0 Å². The zero-order chi connectivity index (χ0) is 14.2. The molecule has 1 fully saturated rings. The first-order valence-corrected chi connectivity index (χ1v) is 8.34. The van der Waals surface area contributed by atoms with E-state index in [1.165, 1.54) is 0 Å². The topological polar surface area (TPSA) is 89.8 Å². The van der Waals surface area contributed by atoms with Crippen molar-refractivity contribution < 1.29 is 18.1 Å². The summed E-state index contributed by atoms with van der Waals surface area (Å²) in [6, 6.07) is 1.13. The predicted octanol–water partition coefficient (Wildman–Crippen LogP) is 1.28. The van der Waals surface area contributed by atoms with Crippen LogP contribution < -0.4 is 4.90 Å². The molecule has 0 bridgehead atoms. The summed E-state index contributed by atoms with van der Waals surface area (Å²) < 4.78 is 28.4. The molecule has 1 aliphatic rings. The number of hydrogen-bond acceptors (Lipinski definition) is 7. The Bertz CT molecular complexity index is 595. The second kappa shape index (κ2) is 5.06. The highest BCUT2D eigenvalue weighted by Crippen LogP contribution is 2.40. The molecule has 1 aromatic heterocycles. The fourth-order valence-corrected chi connectivity index (χ4v) is 3.96. The van der Waals surface area contributed by atoms with E-state index in [0.29, 0.717) is 24.7 Å². The first-order chi connectivity index (χ1) is 8.79. The molecule has 0 spiro atoms. The number of nitro groups is 1. The molecular weight excluding hydrogens is 292 g/mol. The Morgan fingerprint density at radius 1 is 1.58 bits per heavy atom. The average Bonchev–Trinajstić information content (AvgIpc) is 2.73. The van der Waals surface area contributed by atoms with Gasteiger partial charge in [-0.05, 0) is 6.92 Å². The van der Waals surface area contributed by atoms with Crippen molar-refractivity contribution in [1.29, 1.82) is 0 Å². The van der Waals surface area contributed by atoms with Crippen molar-refractivity contribution in [3.63, 3.8) is 0 Å². The highest BCUT2D eigenvalue weighted by molar-refractivity contribution is 7.92. The zero-order valence-electron chi connectivity index (χ0n) is 10.5. The largest absolute Gasteiger partial charge is 0.375 e. The first kappa shape index (κ1) is 14.2. The molecule has 7 nitrogen and oxygen atoms in total. The van der Waals surface area contributed by atoms with Gasteiger partial charge in [0.05, 0.1) is 17.6 Å². The molecular formula is C10H14N2O5S2. The van der Waals surface area contributed by atoms with Gasteiger partial charge in [-0.15, -0.1) is 0 Å². The highest BCUT2D eigenvalue weighted by Gasteiger charge is 2.29. The second-order valence-electron chi connectivity index (χ2n) is 4.41. The number of nitrogens with zero attached hydrogens (tertiary/aromatic N) is 2. The number of morpholine rings is 1. The van der Waals surface area contributed by atoms with Crippen LogP contribution in [0.25, 0.3) is 0 Å². The van der Waals surface area contributed by atoms with E-state index in [9.17, 15) is 18.5 Å². The third-order valence-electron chi connectivity index (χ3n) is 2.76. The van der Waals surface area contributed by atoms with Crippen LogP contribution >= 0.6 is 11.3 Å². The van der Waals surface area contributed by atoms with Gasteiger partial charge in [0.1, 0.15) is 4.21 Å². The normalized spacial score (nSPS) is 20.5. The van der Waals surface area contributed by atoms with Gasteiger partial charge in [-0.3, -0.25) is 10.1 Å². The van der Waals surface area contributed by atoms with E-state index in [0.717, 1.165) is 23.7 Å². The Hall–Kier alpha value is -1.19. The molecule has 1 aliphatic heterocycles. The van der Waals surface area contributed by atoms with Crippen molar-refractivity contribution in [3.05, 3.63) is 16.2 Å². The lowest BCUT2D eigenvalue weighted by molar-refractivity contribution is -0.383. The summed E-state index contributed by atoms with van der Waals surface area (Å²) in [5, 5.41) is 11.4. The second-order valence-corrected chi connectivity index (χ2v) is 7.69. The minimum Gasteiger partial charge on any atom is -0.375 e. The van der Waals surface area contributed by atoms with E-state index in [1.807, 2.05) is 11.8 Å². The van der Waals surface area contributed by atoms with Crippen LogP contribution in [-0.4, -0.2) is 45.4 Å². The highest BCUT2D eigenvalue weighted by atomic mass is 32.2. The summed E-state index contributed by atoms with van der Waals surface area (Å²) in [5.74, 6) is 0. The fraction of sp³-hybridized carbons (Fsp3) is 0.600. The van der Waals surface area contributed by atoms with E-state index in [1.54, 1.807) is 0 Å². The predicted molar refractivity (Wildman–Crippen MR) is 71.7 cm³/mol. The standard InChI is InChI=1S/C10H14N2O5S2/c1-7-6-11(3-4-17-7)10-8(12(13)14)5-9(18-10)19(2,15)16/h5,7H,3-4,6H2,1-2H3. The monoisotopic (exact) mass is 306 g/mol. The first-order valence-electron chi connectivity index (χ1n) is 5.64.